The molecule has 1 heterocycles. The van der Waals surface area contributed by atoms with Crippen molar-refractivity contribution in [3.8, 4) is 0 Å². The minimum absolute atomic E-state index is 0.0827. The highest BCUT2D eigenvalue weighted by atomic mass is 35.5. The summed E-state index contributed by atoms with van der Waals surface area (Å²) in [5.74, 6) is 0. The summed E-state index contributed by atoms with van der Waals surface area (Å²) < 4.78 is 5.80. The molecule has 0 saturated heterocycles. The van der Waals surface area contributed by atoms with Crippen molar-refractivity contribution in [2.45, 2.75) is 26.2 Å². The van der Waals surface area contributed by atoms with Crippen LogP contribution in [0.4, 0.5) is 17.1 Å². The first kappa shape index (κ1) is 18.9. The Morgan fingerprint density at radius 3 is 2.21 bits per heavy atom. The lowest BCUT2D eigenvalue weighted by atomic mass is 9.87. The zero-order chi connectivity index (χ0) is 19.9. The zero-order valence-electron chi connectivity index (χ0n) is 16.0. The monoisotopic (exact) mass is 409 g/mol. The third kappa shape index (κ3) is 3.39. The smallest absolute Gasteiger partial charge is 0.136 e. The van der Waals surface area contributed by atoms with E-state index in [1.807, 2.05) is 36.4 Å². The average molecular weight is 410 g/mol. The maximum atomic E-state index is 6.61. The predicted molar refractivity (Wildman–Crippen MR) is 120 cm³/mol. The second kappa shape index (κ2) is 7.20. The molecule has 0 aliphatic heterocycles. The van der Waals surface area contributed by atoms with Gasteiger partial charge in [0, 0.05) is 11.1 Å². The van der Waals surface area contributed by atoms with Gasteiger partial charge in [0.25, 0.3) is 0 Å². The number of furan rings is 1. The Morgan fingerprint density at radius 2 is 1.50 bits per heavy atom. The molecule has 0 fully saturated rings. The van der Waals surface area contributed by atoms with Crippen molar-refractivity contribution < 1.29 is 4.42 Å². The van der Waals surface area contributed by atoms with E-state index in [0.717, 1.165) is 28.0 Å². The molecule has 1 aromatic heterocycles. The van der Waals surface area contributed by atoms with Gasteiger partial charge in [-0.1, -0.05) is 74.3 Å². The highest BCUT2D eigenvalue weighted by molar-refractivity contribution is 6.44. The molecule has 3 aromatic carbocycles. The lowest BCUT2D eigenvalue weighted by Gasteiger charge is -2.27. The molecule has 28 heavy (non-hydrogen) atoms. The van der Waals surface area contributed by atoms with Crippen molar-refractivity contribution in [1.29, 1.82) is 0 Å². The van der Waals surface area contributed by atoms with Crippen molar-refractivity contribution >= 4 is 51.2 Å². The minimum Gasteiger partial charge on any atom is -0.462 e. The highest BCUT2D eigenvalue weighted by Gasteiger charge is 2.21. The molecular formula is C24H21Cl2NO. The van der Waals surface area contributed by atoms with Crippen molar-refractivity contribution in [1.82, 2.24) is 0 Å². The van der Waals surface area contributed by atoms with E-state index in [2.05, 4.69) is 49.9 Å². The average Bonchev–Trinajstić information content (AvgIpc) is 3.09. The first-order chi connectivity index (χ1) is 13.4. The van der Waals surface area contributed by atoms with E-state index in [1.165, 1.54) is 5.56 Å². The fraction of sp³-hybridized carbons (Fsp3) is 0.167. The summed E-state index contributed by atoms with van der Waals surface area (Å²) in [6, 6.07) is 22.2. The minimum atomic E-state index is 0.0827. The van der Waals surface area contributed by atoms with E-state index in [4.69, 9.17) is 27.6 Å². The van der Waals surface area contributed by atoms with E-state index in [-0.39, 0.29) is 5.41 Å². The SMILES string of the molecule is CC(C)(C)c1ccc(N(c2cccc(Cl)c2Cl)c2coc3ccccc23)cc1. The maximum absolute atomic E-state index is 6.61. The number of hydrogen-bond acceptors (Lipinski definition) is 2. The highest BCUT2D eigenvalue weighted by Crippen LogP contribution is 2.44. The van der Waals surface area contributed by atoms with Crippen LogP contribution < -0.4 is 4.90 Å². The third-order valence-corrected chi connectivity index (χ3v) is 5.67. The number of anilines is 3. The van der Waals surface area contributed by atoms with Crippen molar-refractivity contribution in [2.24, 2.45) is 0 Å². The molecule has 0 amide bonds. The molecule has 4 heteroatoms. The number of halogens is 2. The van der Waals surface area contributed by atoms with Gasteiger partial charge in [-0.3, -0.25) is 0 Å². The molecule has 4 aromatic rings. The molecule has 0 N–H and O–H groups in total. The summed E-state index contributed by atoms with van der Waals surface area (Å²) in [7, 11) is 0. The van der Waals surface area contributed by atoms with Gasteiger partial charge in [-0.2, -0.15) is 0 Å². The Hall–Kier alpha value is -2.42. The predicted octanol–water partition coefficient (Wildman–Crippen LogP) is 8.51. The van der Waals surface area contributed by atoms with E-state index in [9.17, 15) is 0 Å². The molecule has 2 nitrogen and oxygen atoms in total. The number of nitrogens with zero attached hydrogens (tertiary/aromatic N) is 1. The van der Waals surface area contributed by atoms with Crippen LogP contribution in [0.1, 0.15) is 26.3 Å². The Morgan fingerprint density at radius 1 is 0.786 bits per heavy atom. The van der Waals surface area contributed by atoms with Crippen LogP contribution in [-0.4, -0.2) is 0 Å². The van der Waals surface area contributed by atoms with Gasteiger partial charge in [0.1, 0.15) is 11.8 Å². The Kier molecular flexibility index (Phi) is 4.86. The van der Waals surface area contributed by atoms with E-state index in [0.29, 0.717) is 10.0 Å². The summed E-state index contributed by atoms with van der Waals surface area (Å²) in [4.78, 5) is 2.09. The standard InChI is InChI=1S/C24H21Cl2NO/c1-24(2,3)16-11-13-17(14-12-16)27(20-9-6-8-19(25)23(20)26)21-15-28-22-10-5-4-7-18(21)22/h4-15H,1-3H3. The van der Waals surface area contributed by atoms with Crippen LogP contribution in [0.15, 0.2) is 77.4 Å². The normalized spacial score (nSPS) is 11.8. The lowest BCUT2D eigenvalue weighted by Crippen LogP contribution is -2.13. The largest absolute Gasteiger partial charge is 0.462 e. The molecule has 0 radical (unpaired) electrons. The fourth-order valence-electron chi connectivity index (χ4n) is 3.32. The Labute approximate surface area is 175 Å². The van der Waals surface area contributed by atoms with Crippen molar-refractivity contribution in [2.75, 3.05) is 4.90 Å². The van der Waals surface area contributed by atoms with Crippen LogP contribution in [0.2, 0.25) is 10.0 Å². The van der Waals surface area contributed by atoms with E-state index < -0.39 is 0 Å². The van der Waals surface area contributed by atoms with Crippen LogP contribution in [0.3, 0.4) is 0 Å². The van der Waals surface area contributed by atoms with Crippen LogP contribution in [0, 0.1) is 0 Å². The fourth-order valence-corrected chi connectivity index (χ4v) is 3.70. The quantitative estimate of drug-likeness (QED) is 0.337. The van der Waals surface area contributed by atoms with Crippen LogP contribution in [0.25, 0.3) is 11.0 Å². The van der Waals surface area contributed by atoms with Gasteiger partial charge in [0.05, 0.1) is 21.4 Å². The Bertz CT molecular complexity index is 1120. The number of fused-ring (bicyclic) bond motifs is 1. The van der Waals surface area contributed by atoms with Crippen molar-refractivity contribution in [3.63, 3.8) is 0 Å². The lowest BCUT2D eigenvalue weighted by molar-refractivity contribution is 0.590. The van der Waals surface area contributed by atoms with E-state index in [1.54, 1.807) is 12.3 Å². The maximum Gasteiger partial charge on any atom is 0.136 e. The van der Waals surface area contributed by atoms with Crippen LogP contribution in [-0.2, 0) is 5.41 Å². The number of rotatable bonds is 3. The summed E-state index contributed by atoms with van der Waals surface area (Å²) in [5, 5.41) is 2.04. The van der Waals surface area contributed by atoms with Gasteiger partial charge in [0.2, 0.25) is 0 Å². The summed E-state index contributed by atoms with van der Waals surface area (Å²) in [6.07, 6.45) is 1.76. The first-order valence-electron chi connectivity index (χ1n) is 9.17. The molecule has 0 bridgehead atoms. The molecule has 0 atom stereocenters. The second-order valence-electron chi connectivity index (χ2n) is 7.82. The molecule has 0 saturated carbocycles. The summed E-state index contributed by atoms with van der Waals surface area (Å²) in [6.45, 7) is 6.62. The summed E-state index contributed by atoms with van der Waals surface area (Å²) >= 11 is 12.9. The van der Waals surface area contributed by atoms with Crippen LogP contribution >= 0.6 is 23.2 Å². The van der Waals surface area contributed by atoms with Gasteiger partial charge in [-0.25, -0.2) is 0 Å². The topological polar surface area (TPSA) is 16.4 Å². The summed E-state index contributed by atoms with van der Waals surface area (Å²) in [5.41, 5.74) is 4.90. The molecule has 4 rings (SSSR count). The van der Waals surface area contributed by atoms with E-state index >= 15 is 0 Å². The number of benzene rings is 3. The van der Waals surface area contributed by atoms with Gasteiger partial charge in [-0.15, -0.1) is 0 Å². The third-order valence-electron chi connectivity index (χ3n) is 4.87. The molecular weight excluding hydrogens is 389 g/mol. The van der Waals surface area contributed by atoms with Gasteiger partial charge < -0.3 is 9.32 Å². The molecule has 0 unspecified atom stereocenters. The molecule has 0 aliphatic rings. The number of hydrogen-bond donors (Lipinski definition) is 0. The van der Waals surface area contributed by atoms with Gasteiger partial charge in [0.15, 0.2) is 0 Å². The van der Waals surface area contributed by atoms with Crippen LogP contribution in [0.5, 0.6) is 0 Å². The molecule has 0 aliphatic carbocycles. The molecule has 0 spiro atoms. The first-order valence-corrected chi connectivity index (χ1v) is 9.93. The number of para-hydroxylation sites is 1. The van der Waals surface area contributed by atoms with Gasteiger partial charge in [-0.05, 0) is 47.4 Å². The second-order valence-corrected chi connectivity index (χ2v) is 8.61. The Balaban J connectivity index is 1.93. The molecule has 142 valence electrons. The zero-order valence-corrected chi connectivity index (χ0v) is 17.6. The van der Waals surface area contributed by atoms with Crippen molar-refractivity contribution in [3.05, 3.63) is 88.6 Å². The van der Waals surface area contributed by atoms with Gasteiger partial charge >= 0.3 is 0 Å².